The van der Waals surface area contributed by atoms with Crippen LogP contribution in [0.4, 0.5) is 5.69 Å². The van der Waals surface area contributed by atoms with Crippen molar-refractivity contribution < 1.29 is 14.3 Å². The number of anilines is 1. The molecule has 29 heavy (non-hydrogen) atoms. The summed E-state index contributed by atoms with van der Waals surface area (Å²) in [4.78, 5) is 15.6. The predicted octanol–water partition coefficient (Wildman–Crippen LogP) is 3.59. The zero-order valence-electron chi connectivity index (χ0n) is 17.3. The van der Waals surface area contributed by atoms with Crippen molar-refractivity contribution in [2.24, 2.45) is 5.92 Å². The average Bonchev–Trinajstić information content (AvgIpc) is 2.78. The van der Waals surface area contributed by atoms with E-state index in [4.69, 9.17) is 9.47 Å². The Hall–Kier alpha value is -2.69. The van der Waals surface area contributed by atoms with Gasteiger partial charge in [-0.05, 0) is 61.4 Å². The number of methoxy groups -OCH3 is 2. The first-order valence-corrected chi connectivity index (χ1v) is 10.5. The summed E-state index contributed by atoms with van der Waals surface area (Å²) in [5, 5.41) is 3.19. The molecule has 1 N–H and O–H groups in total. The molecule has 0 radical (unpaired) electrons. The summed E-state index contributed by atoms with van der Waals surface area (Å²) >= 11 is 0. The Bertz CT molecular complexity index is 867. The van der Waals surface area contributed by atoms with Crippen LogP contribution in [-0.4, -0.2) is 39.3 Å². The van der Waals surface area contributed by atoms with Crippen molar-refractivity contribution in [2.45, 2.75) is 38.1 Å². The molecule has 2 atom stereocenters. The first-order chi connectivity index (χ1) is 14.2. The summed E-state index contributed by atoms with van der Waals surface area (Å²) in [5.74, 6) is 1.64. The Kier molecular flexibility index (Phi) is 5.93. The molecule has 0 saturated carbocycles. The molecule has 0 unspecified atom stereocenters. The number of carbonyl (C=O) groups is 1. The number of amides is 1. The van der Waals surface area contributed by atoms with E-state index in [0.29, 0.717) is 12.6 Å². The van der Waals surface area contributed by atoms with E-state index < -0.39 is 0 Å². The molecule has 1 fully saturated rings. The van der Waals surface area contributed by atoms with Crippen molar-refractivity contribution >= 4 is 11.6 Å². The molecule has 0 aliphatic carbocycles. The van der Waals surface area contributed by atoms with Crippen LogP contribution in [0.1, 0.15) is 30.4 Å². The van der Waals surface area contributed by atoms with Gasteiger partial charge in [0.25, 0.3) is 0 Å². The van der Waals surface area contributed by atoms with Gasteiger partial charge in [-0.3, -0.25) is 4.79 Å². The lowest BCUT2D eigenvalue weighted by Gasteiger charge is -2.46. The van der Waals surface area contributed by atoms with Crippen LogP contribution >= 0.6 is 0 Å². The molecule has 2 aliphatic rings. The maximum atomic E-state index is 13.1. The number of nitrogens with one attached hydrogen (secondary N) is 1. The molecule has 154 valence electrons. The second kappa shape index (κ2) is 8.76. The maximum absolute atomic E-state index is 13.1. The number of rotatable bonds is 6. The van der Waals surface area contributed by atoms with Crippen LogP contribution in [-0.2, 0) is 17.6 Å². The van der Waals surface area contributed by atoms with Gasteiger partial charge in [0, 0.05) is 24.8 Å². The second-order valence-electron chi connectivity index (χ2n) is 7.93. The molecule has 1 saturated heterocycles. The number of ether oxygens (including phenoxy) is 2. The molecule has 5 heteroatoms. The van der Waals surface area contributed by atoms with Crippen LogP contribution in [0.25, 0.3) is 0 Å². The van der Waals surface area contributed by atoms with Crippen molar-refractivity contribution in [3.05, 3.63) is 53.6 Å². The lowest BCUT2D eigenvalue weighted by Crippen LogP contribution is -2.53. The van der Waals surface area contributed by atoms with Gasteiger partial charge in [0.1, 0.15) is 0 Å². The van der Waals surface area contributed by atoms with Crippen LogP contribution in [0, 0.1) is 5.92 Å². The van der Waals surface area contributed by atoms with Gasteiger partial charge in [-0.2, -0.15) is 0 Å². The topological polar surface area (TPSA) is 50.8 Å². The van der Waals surface area contributed by atoms with Gasteiger partial charge in [0.15, 0.2) is 11.5 Å². The van der Waals surface area contributed by atoms with Crippen LogP contribution in [0.15, 0.2) is 42.5 Å². The second-order valence-corrected chi connectivity index (χ2v) is 7.93. The minimum absolute atomic E-state index is 0.0237. The normalized spacial score (nSPS) is 20.4. The Balaban J connectivity index is 1.41. The number of para-hydroxylation sites is 1. The Morgan fingerprint density at radius 1 is 1.10 bits per heavy atom. The Labute approximate surface area is 173 Å². The number of hydrogen-bond donors (Lipinski definition) is 1. The lowest BCUT2D eigenvalue weighted by atomic mass is 9.80. The SMILES string of the molecule is COc1ccc(CCNC(=O)[C@H]2Cc3ccccc3N3CCCC[C@@H]23)cc1OC. The molecule has 0 spiro atoms. The van der Waals surface area contributed by atoms with E-state index in [1.54, 1.807) is 14.2 Å². The van der Waals surface area contributed by atoms with Crippen molar-refractivity contribution in [3.63, 3.8) is 0 Å². The van der Waals surface area contributed by atoms with E-state index in [0.717, 1.165) is 42.9 Å². The lowest BCUT2D eigenvalue weighted by molar-refractivity contribution is -0.125. The van der Waals surface area contributed by atoms with Crippen molar-refractivity contribution in [1.29, 1.82) is 0 Å². The van der Waals surface area contributed by atoms with E-state index >= 15 is 0 Å². The summed E-state index contributed by atoms with van der Waals surface area (Å²) in [6.07, 6.45) is 5.11. The number of hydrogen-bond acceptors (Lipinski definition) is 4. The van der Waals surface area contributed by atoms with Gasteiger partial charge >= 0.3 is 0 Å². The molecule has 2 aromatic carbocycles. The fourth-order valence-electron chi connectivity index (χ4n) is 4.78. The van der Waals surface area contributed by atoms with Gasteiger partial charge < -0.3 is 19.7 Å². The molecule has 0 bridgehead atoms. The molecule has 0 aromatic heterocycles. The van der Waals surface area contributed by atoms with Crippen molar-refractivity contribution in [2.75, 3.05) is 32.2 Å². The molecule has 1 amide bonds. The summed E-state index contributed by atoms with van der Waals surface area (Å²) < 4.78 is 10.7. The van der Waals surface area contributed by atoms with Crippen molar-refractivity contribution in [1.82, 2.24) is 5.32 Å². The number of fused-ring (bicyclic) bond motifs is 3. The number of piperidine rings is 1. The summed E-state index contributed by atoms with van der Waals surface area (Å²) in [6.45, 7) is 1.68. The third-order valence-corrected chi connectivity index (χ3v) is 6.25. The number of carbonyl (C=O) groups excluding carboxylic acids is 1. The predicted molar refractivity (Wildman–Crippen MR) is 115 cm³/mol. The molecule has 5 nitrogen and oxygen atoms in total. The molecule has 4 rings (SSSR count). The van der Waals surface area contributed by atoms with Gasteiger partial charge in [-0.1, -0.05) is 24.3 Å². The average molecular weight is 395 g/mol. The highest BCUT2D eigenvalue weighted by molar-refractivity contribution is 5.82. The van der Waals surface area contributed by atoms with Crippen LogP contribution < -0.4 is 19.7 Å². The molecular weight excluding hydrogens is 364 g/mol. The van der Waals surface area contributed by atoms with E-state index in [9.17, 15) is 4.79 Å². The molecular formula is C24H30N2O3. The van der Waals surface area contributed by atoms with Gasteiger partial charge in [0.05, 0.1) is 20.1 Å². The van der Waals surface area contributed by atoms with Gasteiger partial charge in [0.2, 0.25) is 5.91 Å². The third-order valence-electron chi connectivity index (χ3n) is 6.25. The van der Waals surface area contributed by atoms with E-state index in [1.807, 2.05) is 18.2 Å². The first kappa shape index (κ1) is 19.6. The monoisotopic (exact) mass is 394 g/mol. The first-order valence-electron chi connectivity index (χ1n) is 10.5. The van der Waals surface area contributed by atoms with Crippen LogP contribution in [0.3, 0.4) is 0 Å². The van der Waals surface area contributed by atoms with Gasteiger partial charge in [-0.15, -0.1) is 0 Å². The van der Waals surface area contributed by atoms with Crippen LogP contribution in [0.2, 0.25) is 0 Å². The van der Waals surface area contributed by atoms with E-state index in [1.165, 1.54) is 24.1 Å². The summed E-state index contributed by atoms with van der Waals surface area (Å²) in [7, 11) is 3.27. The molecule has 2 heterocycles. The Morgan fingerprint density at radius 2 is 1.93 bits per heavy atom. The van der Waals surface area contributed by atoms with E-state index in [-0.39, 0.29) is 11.8 Å². The fourth-order valence-corrected chi connectivity index (χ4v) is 4.78. The number of benzene rings is 2. The highest BCUT2D eigenvalue weighted by Gasteiger charge is 2.39. The van der Waals surface area contributed by atoms with Crippen molar-refractivity contribution in [3.8, 4) is 11.5 Å². The quantitative estimate of drug-likeness (QED) is 0.813. The van der Waals surface area contributed by atoms with E-state index in [2.05, 4.69) is 34.5 Å². The highest BCUT2D eigenvalue weighted by Crippen LogP contribution is 2.38. The third kappa shape index (κ3) is 4.04. The van der Waals surface area contributed by atoms with Gasteiger partial charge in [-0.25, -0.2) is 0 Å². The highest BCUT2D eigenvalue weighted by atomic mass is 16.5. The minimum atomic E-state index is 0.0237. The summed E-state index contributed by atoms with van der Waals surface area (Å²) in [5.41, 5.74) is 3.74. The van der Waals surface area contributed by atoms with Crippen LogP contribution in [0.5, 0.6) is 11.5 Å². The zero-order valence-corrected chi connectivity index (χ0v) is 17.3. The fraction of sp³-hybridized carbons (Fsp3) is 0.458. The standard InChI is InChI=1S/C24H30N2O3/c1-28-22-11-10-17(15-23(22)29-2)12-13-25-24(27)19-16-18-7-3-4-8-20(18)26-14-6-5-9-21(19)26/h3-4,7-8,10-11,15,19,21H,5-6,9,12-14,16H2,1-2H3,(H,25,27)/t19-,21-/m0/s1. The zero-order chi connectivity index (χ0) is 20.2. The summed E-state index contributed by atoms with van der Waals surface area (Å²) in [6, 6.07) is 14.8. The Morgan fingerprint density at radius 3 is 2.76 bits per heavy atom. The smallest absolute Gasteiger partial charge is 0.225 e. The molecule has 2 aliphatic heterocycles. The minimum Gasteiger partial charge on any atom is -0.493 e. The number of nitrogens with zero attached hydrogens (tertiary/aromatic N) is 1. The largest absolute Gasteiger partial charge is 0.493 e. The maximum Gasteiger partial charge on any atom is 0.225 e. The molecule has 2 aromatic rings.